The van der Waals surface area contributed by atoms with Crippen LogP contribution >= 0.6 is 0 Å². The molecule has 0 saturated heterocycles. The summed E-state index contributed by atoms with van der Waals surface area (Å²) in [6, 6.07) is 15.7. The molecule has 1 aliphatic rings. The Balaban J connectivity index is 0. The molecule has 3 rings (SSSR count). The van der Waals surface area contributed by atoms with E-state index in [1.165, 1.54) is 66.3 Å². The number of allylic oxidation sites excluding steroid dienone is 3. The number of carbonyl (C=O) groups excluding carboxylic acids is 2. The number of hydrogen-bond donors (Lipinski definition) is 0. The molecule has 0 bridgehead atoms. The van der Waals surface area contributed by atoms with Crippen molar-refractivity contribution in [1.82, 2.24) is 0 Å². The fourth-order valence-corrected chi connectivity index (χ4v) is 6.24. The van der Waals surface area contributed by atoms with E-state index in [1.807, 2.05) is 47.5 Å². The predicted octanol–water partition coefficient (Wildman–Crippen LogP) is 13.6. The Morgan fingerprint density at radius 1 is 1.00 bits per heavy atom. The van der Waals surface area contributed by atoms with Gasteiger partial charge in [-0.1, -0.05) is 115 Å². The number of hydrogen-bond acceptors (Lipinski definition) is 3. The maximum absolute atomic E-state index is 12.2. The summed E-state index contributed by atoms with van der Waals surface area (Å²) in [4.78, 5) is 20.2. The standard InChI is InChI=1S/C31H42O2.C8H18.C3H6.C2H6.CH2O/c1-8-22(2)29(32)15-14-24-13-12-23(3)28(20-24)27-11-9-10-26(21-27)25-16-18-31(7,19-17-25)33-30(4,5)6;1-4-6-8(3)7-5-2;1-3-2;2*1-2/h8-13,20-21,25H,14-19H2,1-7H3;8H,4-7H2,1-3H3;3H,1H2,2H3;1-2H3;1H2/b22-8+;;;;. The van der Waals surface area contributed by atoms with Crippen molar-refractivity contribution in [2.24, 2.45) is 5.92 Å². The van der Waals surface area contributed by atoms with Gasteiger partial charge in [-0.15, -0.1) is 6.58 Å². The Hall–Kier alpha value is -2.78. The lowest BCUT2D eigenvalue weighted by molar-refractivity contribution is -0.139. The fourth-order valence-electron chi connectivity index (χ4n) is 6.24. The molecule has 1 saturated carbocycles. The van der Waals surface area contributed by atoms with Crippen molar-refractivity contribution in [2.45, 2.75) is 171 Å². The Morgan fingerprint density at radius 3 is 2.02 bits per heavy atom. The molecule has 0 aliphatic heterocycles. The zero-order chi connectivity index (χ0) is 37.3. The van der Waals surface area contributed by atoms with Gasteiger partial charge in [0.15, 0.2) is 5.78 Å². The predicted molar refractivity (Wildman–Crippen MR) is 213 cm³/mol. The Kier molecular flexibility index (Phi) is 25.8. The van der Waals surface area contributed by atoms with Crippen LogP contribution in [0.2, 0.25) is 0 Å². The molecule has 0 heterocycles. The van der Waals surface area contributed by atoms with Crippen molar-refractivity contribution in [3.8, 4) is 11.1 Å². The summed E-state index contributed by atoms with van der Waals surface area (Å²) in [5.41, 5.74) is 7.25. The first-order valence-electron chi connectivity index (χ1n) is 18.6. The monoisotopic (exact) mass is 663 g/mol. The topological polar surface area (TPSA) is 43.4 Å². The molecule has 272 valence electrons. The van der Waals surface area contributed by atoms with Gasteiger partial charge in [0.1, 0.15) is 6.79 Å². The third-order valence-electron chi connectivity index (χ3n) is 8.64. The van der Waals surface area contributed by atoms with E-state index in [1.54, 1.807) is 6.08 Å². The summed E-state index contributed by atoms with van der Waals surface area (Å²) in [5.74, 6) is 1.79. The summed E-state index contributed by atoms with van der Waals surface area (Å²) in [6.45, 7) is 32.8. The third-order valence-corrected chi connectivity index (χ3v) is 8.64. The zero-order valence-electron chi connectivity index (χ0n) is 33.6. The minimum absolute atomic E-state index is 0.0139. The first-order chi connectivity index (χ1) is 22.7. The molecule has 0 amide bonds. The summed E-state index contributed by atoms with van der Waals surface area (Å²) in [7, 11) is 0. The second-order valence-corrected chi connectivity index (χ2v) is 14.2. The molecular weight excluding hydrogens is 588 g/mol. The molecule has 48 heavy (non-hydrogen) atoms. The van der Waals surface area contributed by atoms with Crippen LogP contribution in [0.5, 0.6) is 0 Å². The minimum atomic E-state index is -0.0970. The van der Waals surface area contributed by atoms with E-state index in [0.29, 0.717) is 12.3 Å². The summed E-state index contributed by atoms with van der Waals surface area (Å²) >= 11 is 0. The normalized spacial score (nSPS) is 17.2. The van der Waals surface area contributed by atoms with Crippen LogP contribution in [0.25, 0.3) is 11.1 Å². The van der Waals surface area contributed by atoms with Gasteiger partial charge in [-0.05, 0) is 133 Å². The third kappa shape index (κ3) is 19.3. The van der Waals surface area contributed by atoms with E-state index in [4.69, 9.17) is 9.53 Å². The van der Waals surface area contributed by atoms with Gasteiger partial charge in [0.05, 0.1) is 11.2 Å². The van der Waals surface area contributed by atoms with Crippen LogP contribution in [-0.4, -0.2) is 23.8 Å². The number of benzene rings is 2. The highest BCUT2D eigenvalue weighted by Gasteiger charge is 2.35. The van der Waals surface area contributed by atoms with Crippen LogP contribution in [0, 0.1) is 12.8 Å². The summed E-state index contributed by atoms with van der Waals surface area (Å²) in [5, 5.41) is 0. The Labute approximate surface area is 298 Å². The molecule has 3 nitrogen and oxygen atoms in total. The lowest BCUT2D eigenvalue weighted by Gasteiger charge is -2.42. The number of aryl methyl sites for hydroxylation is 2. The van der Waals surface area contributed by atoms with Crippen molar-refractivity contribution in [2.75, 3.05) is 0 Å². The fraction of sp³-hybridized carbons (Fsp3) is 0.600. The maximum atomic E-state index is 12.2. The van der Waals surface area contributed by atoms with Gasteiger partial charge >= 0.3 is 0 Å². The molecule has 2 aromatic rings. The molecule has 0 unspecified atom stereocenters. The first-order valence-corrected chi connectivity index (χ1v) is 18.6. The average Bonchev–Trinajstić information content (AvgIpc) is 3.06. The highest BCUT2D eigenvalue weighted by Crippen LogP contribution is 2.42. The van der Waals surface area contributed by atoms with Crippen LogP contribution in [0.1, 0.15) is 163 Å². The van der Waals surface area contributed by atoms with E-state index in [0.717, 1.165) is 30.8 Å². The number of ketones is 1. The summed E-state index contributed by atoms with van der Waals surface area (Å²) in [6.07, 6.45) is 15.1. The van der Waals surface area contributed by atoms with Crippen LogP contribution < -0.4 is 0 Å². The van der Waals surface area contributed by atoms with Crippen molar-refractivity contribution in [1.29, 1.82) is 0 Å². The van der Waals surface area contributed by atoms with Crippen molar-refractivity contribution < 1.29 is 14.3 Å². The number of rotatable bonds is 11. The van der Waals surface area contributed by atoms with E-state index in [2.05, 4.69) is 104 Å². The minimum Gasteiger partial charge on any atom is -0.370 e. The number of carbonyl (C=O) groups is 2. The molecule has 0 atom stereocenters. The van der Waals surface area contributed by atoms with E-state index < -0.39 is 0 Å². The van der Waals surface area contributed by atoms with E-state index >= 15 is 0 Å². The molecule has 0 aromatic heterocycles. The second-order valence-electron chi connectivity index (χ2n) is 14.2. The molecule has 0 spiro atoms. The van der Waals surface area contributed by atoms with Gasteiger partial charge in [0.2, 0.25) is 0 Å². The van der Waals surface area contributed by atoms with Crippen molar-refractivity contribution in [3.63, 3.8) is 0 Å². The SMILES string of the molecule is C/C=C(\C)C(=O)CCc1ccc(C)c(-c2cccc(C3CCC(C)(OC(C)(C)C)CC3)c2)c1.C=CC.C=O.CC.CCCC(C)CCC. The van der Waals surface area contributed by atoms with Crippen molar-refractivity contribution in [3.05, 3.63) is 83.5 Å². The number of ether oxygens (including phenoxy) is 1. The van der Waals surface area contributed by atoms with Crippen LogP contribution in [0.15, 0.2) is 66.8 Å². The van der Waals surface area contributed by atoms with Gasteiger partial charge in [0, 0.05) is 6.42 Å². The second kappa shape index (κ2) is 26.1. The molecule has 3 heteroatoms. The summed E-state index contributed by atoms with van der Waals surface area (Å²) < 4.78 is 6.41. The number of Topliss-reactive ketones (excluding diaryl/α,β-unsaturated/α-hetero) is 1. The largest absolute Gasteiger partial charge is 0.370 e. The zero-order valence-corrected chi connectivity index (χ0v) is 33.6. The molecule has 0 N–H and O–H groups in total. The van der Waals surface area contributed by atoms with Gasteiger partial charge in [-0.25, -0.2) is 0 Å². The van der Waals surface area contributed by atoms with E-state index in [9.17, 15) is 4.79 Å². The highest BCUT2D eigenvalue weighted by molar-refractivity contribution is 5.94. The van der Waals surface area contributed by atoms with Crippen LogP contribution in [-0.2, 0) is 20.7 Å². The van der Waals surface area contributed by atoms with Crippen molar-refractivity contribution >= 4 is 12.6 Å². The molecule has 1 fully saturated rings. The van der Waals surface area contributed by atoms with Crippen LogP contribution in [0.3, 0.4) is 0 Å². The van der Waals surface area contributed by atoms with Crippen LogP contribution in [0.4, 0.5) is 0 Å². The van der Waals surface area contributed by atoms with Gasteiger partial charge in [-0.2, -0.15) is 0 Å². The van der Waals surface area contributed by atoms with Gasteiger partial charge in [0.25, 0.3) is 0 Å². The lowest BCUT2D eigenvalue weighted by Crippen LogP contribution is -2.40. The Morgan fingerprint density at radius 2 is 1.54 bits per heavy atom. The first kappa shape index (κ1) is 47.3. The van der Waals surface area contributed by atoms with E-state index in [-0.39, 0.29) is 17.0 Å². The highest BCUT2D eigenvalue weighted by atomic mass is 16.5. The average molecular weight is 663 g/mol. The molecule has 0 radical (unpaired) electrons. The smallest absolute Gasteiger partial charge is 0.158 e. The maximum Gasteiger partial charge on any atom is 0.158 e. The van der Waals surface area contributed by atoms with Gasteiger partial charge in [-0.3, -0.25) is 4.79 Å². The lowest BCUT2D eigenvalue weighted by atomic mass is 9.76. The van der Waals surface area contributed by atoms with Gasteiger partial charge < -0.3 is 9.53 Å². The molecular formula is C45H74O3. The molecule has 1 aliphatic carbocycles. The quantitative estimate of drug-likeness (QED) is 0.178. The Bertz CT molecular complexity index is 1170. The molecule has 2 aromatic carbocycles.